The van der Waals surface area contributed by atoms with E-state index in [1.807, 2.05) is 0 Å². The Morgan fingerprint density at radius 2 is 1.34 bits per heavy atom. The third-order valence-electron chi connectivity index (χ3n) is 6.44. The summed E-state index contributed by atoms with van der Waals surface area (Å²) in [6.45, 7) is 1.36. The van der Waals surface area contributed by atoms with Crippen LogP contribution in [0.15, 0.2) is 0 Å². The van der Waals surface area contributed by atoms with Crippen molar-refractivity contribution in [2.75, 3.05) is 6.54 Å². The molecule has 14 N–H and O–H groups in total. The van der Waals surface area contributed by atoms with Crippen molar-refractivity contribution < 1.29 is 49.6 Å². The monoisotopic (exact) mass is 468 g/mol. The van der Waals surface area contributed by atoms with Gasteiger partial charge in [-0.1, -0.05) is 0 Å². The van der Waals surface area contributed by atoms with E-state index in [0.29, 0.717) is 0 Å². The molecular weight excluding hydrogens is 432 g/mol. The van der Waals surface area contributed by atoms with Crippen LogP contribution in [0.4, 0.5) is 0 Å². The molecule has 0 unspecified atom stereocenters. The highest BCUT2D eigenvalue weighted by molar-refractivity contribution is 5.01. The summed E-state index contributed by atoms with van der Waals surface area (Å²) in [4.78, 5) is 0. The maximum atomic E-state index is 10.7. The quantitative estimate of drug-likeness (QED) is 0.180. The smallest absolute Gasteiger partial charge is 0.187 e. The van der Waals surface area contributed by atoms with Crippen molar-refractivity contribution in [2.24, 2.45) is 22.9 Å². The number of rotatable bonds is 5. The Balaban J connectivity index is 1.79. The van der Waals surface area contributed by atoms with Crippen molar-refractivity contribution in [3.05, 3.63) is 0 Å². The van der Waals surface area contributed by atoms with E-state index in [1.54, 1.807) is 0 Å². The first-order valence-corrected chi connectivity index (χ1v) is 10.6. The Kier molecular flexibility index (Phi) is 8.44. The van der Waals surface area contributed by atoms with Gasteiger partial charge in [0.25, 0.3) is 0 Å². The number of aliphatic hydroxyl groups excluding tert-OH is 6. The van der Waals surface area contributed by atoms with E-state index in [-0.39, 0.29) is 13.0 Å². The number of aliphatic hydroxyl groups is 6. The molecule has 0 bridgehead atoms. The predicted molar refractivity (Wildman–Crippen MR) is 106 cm³/mol. The third-order valence-corrected chi connectivity index (χ3v) is 6.44. The van der Waals surface area contributed by atoms with Crippen molar-refractivity contribution in [3.8, 4) is 0 Å². The zero-order chi connectivity index (χ0) is 23.9. The molecule has 0 spiro atoms. The van der Waals surface area contributed by atoms with Gasteiger partial charge < -0.3 is 72.5 Å². The molecule has 3 rings (SSSR count). The molecule has 2 heterocycles. The highest BCUT2D eigenvalue weighted by Gasteiger charge is 2.51. The largest absolute Gasteiger partial charge is 0.389 e. The maximum Gasteiger partial charge on any atom is 0.187 e. The minimum absolute atomic E-state index is 0.116. The molecule has 15 atom stereocenters. The Morgan fingerprint density at radius 3 is 1.97 bits per heavy atom. The highest BCUT2D eigenvalue weighted by atomic mass is 16.7. The van der Waals surface area contributed by atoms with Crippen LogP contribution in [0.3, 0.4) is 0 Å². The zero-order valence-electron chi connectivity index (χ0n) is 17.7. The molecule has 1 aliphatic carbocycles. The first-order valence-electron chi connectivity index (χ1n) is 10.6. The van der Waals surface area contributed by atoms with Crippen LogP contribution in [-0.4, -0.2) is 129 Å². The van der Waals surface area contributed by atoms with Gasteiger partial charge in [0.15, 0.2) is 12.6 Å². The van der Waals surface area contributed by atoms with Gasteiger partial charge in [0.1, 0.15) is 48.8 Å². The molecule has 0 aromatic rings. The second kappa shape index (κ2) is 10.4. The lowest BCUT2D eigenvalue weighted by molar-refractivity contribution is -0.338. The Labute approximate surface area is 185 Å². The van der Waals surface area contributed by atoms with Gasteiger partial charge in [-0.2, -0.15) is 0 Å². The summed E-state index contributed by atoms with van der Waals surface area (Å²) in [5.41, 5.74) is 23.7. The summed E-state index contributed by atoms with van der Waals surface area (Å²) in [5.74, 6) is 0. The van der Waals surface area contributed by atoms with E-state index in [1.165, 1.54) is 6.92 Å². The topological polar surface area (TPSA) is 262 Å². The average molecular weight is 469 g/mol. The fourth-order valence-electron chi connectivity index (χ4n) is 4.31. The Bertz CT molecular complexity index is 620. The molecule has 1 saturated carbocycles. The molecule has 14 heteroatoms. The molecular formula is C18H36N4O10. The summed E-state index contributed by atoms with van der Waals surface area (Å²) < 4.78 is 22.7. The molecule has 14 nitrogen and oxygen atoms in total. The lowest BCUT2D eigenvalue weighted by atomic mass is 9.84. The second-order valence-corrected chi connectivity index (χ2v) is 8.77. The fourth-order valence-corrected chi connectivity index (χ4v) is 4.31. The number of nitrogens with two attached hydrogens (primary N) is 4. The lowest BCUT2D eigenvalue weighted by Crippen LogP contribution is -2.69. The van der Waals surface area contributed by atoms with Gasteiger partial charge in [-0.15, -0.1) is 0 Å². The first kappa shape index (κ1) is 26.1. The molecule has 3 fully saturated rings. The Hall–Kier alpha value is -0.560. The van der Waals surface area contributed by atoms with Crippen LogP contribution < -0.4 is 22.9 Å². The van der Waals surface area contributed by atoms with E-state index in [4.69, 9.17) is 41.9 Å². The summed E-state index contributed by atoms with van der Waals surface area (Å²) in [6.07, 6.45) is -15.3. The maximum absolute atomic E-state index is 10.7. The molecule has 0 radical (unpaired) electrons. The van der Waals surface area contributed by atoms with Crippen molar-refractivity contribution in [3.63, 3.8) is 0 Å². The van der Waals surface area contributed by atoms with Crippen molar-refractivity contribution >= 4 is 0 Å². The molecule has 2 saturated heterocycles. The van der Waals surface area contributed by atoms with Crippen LogP contribution in [0.1, 0.15) is 13.3 Å². The molecule has 188 valence electrons. The lowest BCUT2D eigenvalue weighted by Gasteiger charge is -2.48. The van der Waals surface area contributed by atoms with Gasteiger partial charge >= 0.3 is 0 Å². The van der Waals surface area contributed by atoms with E-state index in [0.717, 1.165) is 0 Å². The third kappa shape index (κ3) is 4.94. The van der Waals surface area contributed by atoms with Crippen LogP contribution in [0.25, 0.3) is 0 Å². The average Bonchev–Trinajstić information content (AvgIpc) is 2.76. The molecule has 3 aliphatic rings. The number of ether oxygens (including phenoxy) is 4. The van der Waals surface area contributed by atoms with Crippen LogP contribution in [-0.2, 0) is 18.9 Å². The van der Waals surface area contributed by atoms with E-state index < -0.39 is 91.7 Å². The van der Waals surface area contributed by atoms with Gasteiger partial charge in [-0.05, 0) is 13.3 Å². The number of hydrogen-bond acceptors (Lipinski definition) is 14. The summed E-state index contributed by atoms with van der Waals surface area (Å²) in [5, 5.41) is 61.2. The standard InChI is InChI=1S/C18H36N4O10/c1-4-9(23)13(27)14(28)18(29-4)32-16-10(24)5(20)2-6(21)15(16)31-17-8(22)12(26)11(25)7(3-19)30-17/h4-18,23-28H,2-3,19-22H2,1H3/t4-,5+,6+,7-,8-,9+,10+,11+,12+,13-,14-,15+,16+,17+,18-/m0/s1. The Morgan fingerprint density at radius 1 is 0.719 bits per heavy atom. The van der Waals surface area contributed by atoms with Crippen molar-refractivity contribution in [2.45, 2.75) is 105 Å². The molecule has 0 aromatic heterocycles. The fraction of sp³-hybridized carbons (Fsp3) is 1.00. The molecule has 32 heavy (non-hydrogen) atoms. The van der Waals surface area contributed by atoms with E-state index in [9.17, 15) is 30.6 Å². The van der Waals surface area contributed by atoms with Crippen LogP contribution >= 0.6 is 0 Å². The van der Waals surface area contributed by atoms with Gasteiger partial charge in [0.2, 0.25) is 0 Å². The van der Waals surface area contributed by atoms with E-state index in [2.05, 4.69) is 0 Å². The second-order valence-electron chi connectivity index (χ2n) is 8.77. The van der Waals surface area contributed by atoms with Crippen LogP contribution in [0, 0.1) is 0 Å². The van der Waals surface area contributed by atoms with Crippen LogP contribution in [0.2, 0.25) is 0 Å². The first-order chi connectivity index (χ1) is 15.0. The number of hydrogen-bond donors (Lipinski definition) is 10. The molecule has 2 aliphatic heterocycles. The normalized spacial score (nSPS) is 55.0. The summed E-state index contributed by atoms with van der Waals surface area (Å²) in [7, 11) is 0. The van der Waals surface area contributed by atoms with Crippen molar-refractivity contribution in [1.29, 1.82) is 0 Å². The highest BCUT2D eigenvalue weighted by Crippen LogP contribution is 2.31. The minimum atomic E-state index is -1.63. The van der Waals surface area contributed by atoms with Gasteiger partial charge in [0.05, 0.1) is 18.2 Å². The molecule has 0 aromatic carbocycles. The van der Waals surface area contributed by atoms with Gasteiger partial charge in [0, 0.05) is 18.6 Å². The van der Waals surface area contributed by atoms with Gasteiger partial charge in [-0.25, -0.2) is 0 Å². The minimum Gasteiger partial charge on any atom is -0.389 e. The predicted octanol–water partition coefficient (Wildman–Crippen LogP) is -6.26. The zero-order valence-corrected chi connectivity index (χ0v) is 17.7. The van der Waals surface area contributed by atoms with Gasteiger partial charge in [-0.3, -0.25) is 0 Å². The van der Waals surface area contributed by atoms with Crippen molar-refractivity contribution in [1.82, 2.24) is 0 Å². The molecule has 0 amide bonds. The SMILES string of the molecule is C[C@@H]1O[C@@H](O[C@@H]2[C@H](O)[C@H](N)C[C@@H](N)[C@H]2O[C@H]2O[C@@H](CN)[C@@H](O)[C@H](O)[C@@H]2N)[C@@H](O)[C@@H](O)[C@@H]1O. The van der Waals surface area contributed by atoms with Crippen LogP contribution in [0.5, 0.6) is 0 Å². The summed E-state index contributed by atoms with van der Waals surface area (Å²) in [6, 6.07) is -2.74. The van der Waals surface area contributed by atoms with E-state index >= 15 is 0 Å². The summed E-state index contributed by atoms with van der Waals surface area (Å²) >= 11 is 0.